The number of amides is 3. The van der Waals surface area contributed by atoms with Gasteiger partial charge in [0.15, 0.2) is 5.67 Å². The zero-order valence-electron chi connectivity index (χ0n) is 27.3. The first-order valence-corrected chi connectivity index (χ1v) is 16.5. The van der Waals surface area contributed by atoms with Gasteiger partial charge in [-0.3, -0.25) is 19.2 Å². The first-order valence-electron chi connectivity index (χ1n) is 15.6. The van der Waals surface area contributed by atoms with Crippen LogP contribution in [0.4, 0.5) is 4.39 Å². The fourth-order valence-electron chi connectivity index (χ4n) is 5.58. The molecule has 3 aromatic rings. The highest BCUT2D eigenvalue weighted by atomic mass is 32.1. The Balaban J connectivity index is 1.34. The van der Waals surface area contributed by atoms with E-state index in [9.17, 15) is 23.6 Å². The van der Waals surface area contributed by atoms with Crippen molar-refractivity contribution in [3.8, 4) is 16.2 Å². The fraction of sp³-hybridized carbons (Fsp3) is 0.457. The number of aldehydes is 1. The zero-order valence-corrected chi connectivity index (χ0v) is 28.1. The number of carbonyl (C=O) groups is 4. The van der Waals surface area contributed by atoms with Crippen molar-refractivity contribution in [3.05, 3.63) is 70.4 Å². The quantitative estimate of drug-likeness (QED) is 0.267. The van der Waals surface area contributed by atoms with Crippen LogP contribution in [0.1, 0.15) is 67.2 Å². The van der Waals surface area contributed by atoms with Gasteiger partial charge in [0, 0.05) is 37.7 Å². The summed E-state index contributed by atoms with van der Waals surface area (Å²) in [6.07, 6.45) is 0.941. The number of hydrogen-bond donors (Lipinski definition) is 2. The van der Waals surface area contributed by atoms with E-state index in [4.69, 9.17) is 9.47 Å². The topological polar surface area (TPSA) is 127 Å². The SMILES string of the molecule is CO[C@@H]1C[C@@H](C(=O)NCc2ccc(-c3scnc3C)cc2OCc2ccc(C=O)cc2)N(C(=O)[C@@H](NC(=O)C2(F)CC2)C(C)(C)C)C1. The van der Waals surface area contributed by atoms with Crippen LogP contribution >= 0.6 is 11.3 Å². The molecule has 0 spiro atoms. The molecule has 3 atom stereocenters. The second-order valence-corrected chi connectivity index (χ2v) is 14.1. The summed E-state index contributed by atoms with van der Waals surface area (Å²) in [5.74, 6) is -1.05. The second kappa shape index (κ2) is 13.9. The van der Waals surface area contributed by atoms with Gasteiger partial charge >= 0.3 is 0 Å². The maximum Gasteiger partial charge on any atom is 0.258 e. The van der Waals surface area contributed by atoms with Gasteiger partial charge in [0.1, 0.15) is 30.7 Å². The molecule has 2 heterocycles. The van der Waals surface area contributed by atoms with Crippen molar-refractivity contribution in [2.24, 2.45) is 5.41 Å². The number of aryl methyl sites for hydroxylation is 1. The first-order chi connectivity index (χ1) is 22.3. The third-order valence-electron chi connectivity index (χ3n) is 8.70. The van der Waals surface area contributed by atoms with E-state index < -0.39 is 35.0 Å². The van der Waals surface area contributed by atoms with E-state index >= 15 is 0 Å². The van der Waals surface area contributed by atoms with E-state index in [0.717, 1.165) is 33.5 Å². The van der Waals surface area contributed by atoms with Gasteiger partial charge in [0.2, 0.25) is 11.8 Å². The van der Waals surface area contributed by atoms with Gasteiger partial charge in [-0.25, -0.2) is 9.37 Å². The Morgan fingerprint density at radius 2 is 1.89 bits per heavy atom. The summed E-state index contributed by atoms with van der Waals surface area (Å²) in [7, 11) is 1.53. The van der Waals surface area contributed by atoms with Crippen molar-refractivity contribution in [2.45, 2.75) is 84.0 Å². The number of aromatic nitrogens is 1. The molecule has 2 N–H and O–H groups in total. The van der Waals surface area contributed by atoms with Crippen LogP contribution in [0.2, 0.25) is 0 Å². The smallest absolute Gasteiger partial charge is 0.258 e. The molecule has 5 rings (SSSR count). The minimum absolute atomic E-state index is 0.125. The van der Waals surface area contributed by atoms with Gasteiger partial charge in [0.05, 0.1) is 22.2 Å². The van der Waals surface area contributed by atoms with Gasteiger partial charge in [-0.05, 0) is 42.4 Å². The first kappa shape index (κ1) is 34.2. The van der Waals surface area contributed by atoms with Gasteiger partial charge < -0.3 is 25.0 Å². The monoisotopic (exact) mass is 664 g/mol. The molecule has 1 saturated heterocycles. The maximum atomic E-state index is 14.6. The number of alkyl halides is 1. The predicted octanol–water partition coefficient (Wildman–Crippen LogP) is 4.78. The van der Waals surface area contributed by atoms with Crippen LogP contribution in [0.15, 0.2) is 48.0 Å². The molecule has 2 aromatic carbocycles. The van der Waals surface area contributed by atoms with Crippen molar-refractivity contribution in [3.63, 3.8) is 0 Å². The molecular weight excluding hydrogens is 623 g/mol. The Morgan fingerprint density at radius 1 is 1.17 bits per heavy atom. The van der Waals surface area contributed by atoms with E-state index in [2.05, 4.69) is 15.6 Å². The lowest BCUT2D eigenvalue weighted by molar-refractivity contribution is -0.145. The standard InChI is InChI=1S/C35H41FN4O6S/c1-21-29(47-20-38-21)24-10-11-25(28(14-24)46-19-23-8-6-22(18-41)7-9-23)16-37-31(42)27-15-26(45-5)17-40(27)32(43)30(34(2,3)4)39-33(44)35(36)12-13-35/h6-11,14,18,20,26-27,30H,12-13,15-17,19H2,1-5H3,(H,37,42)(H,39,44)/t26-,27+,30-/m1/s1. The lowest BCUT2D eigenvalue weighted by atomic mass is 9.85. The fourth-order valence-corrected chi connectivity index (χ4v) is 6.38. The summed E-state index contributed by atoms with van der Waals surface area (Å²) in [5, 5.41) is 5.61. The van der Waals surface area contributed by atoms with Gasteiger partial charge in [-0.15, -0.1) is 11.3 Å². The molecule has 2 aliphatic rings. The lowest BCUT2D eigenvalue weighted by Crippen LogP contribution is -2.59. The van der Waals surface area contributed by atoms with E-state index in [0.29, 0.717) is 11.3 Å². The van der Waals surface area contributed by atoms with Crippen LogP contribution in [0.5, 0.6) is 5.75 Å². The summed E-state index contributed by atoms with van der Waals surface area (Å²) < 4.78 is 26.4. The molecule has 1 aliphatic heterocycles. The molecule has 12 heteroatoms. The van der Waals surface area contributed by atoms with Crippen LogP contribution in [-0.4, -0.2) is 71.4 Å². The van der Waals surface area contributed by atoms with E-state index in [1.807, 2.05) is 37.3 Å². The Hall–Kier alpha value is -4.16. The van der Waals surface area contributed by atoms with E-state index in [-0.39, 0.29) is 51.0 Å². The van der Waals surface area contributed by atoms with Crippen molar-refractivity contribution >= 4 is 35.3 Å². The Bertz CT molecular complexity index is 1630. The highest BCUT2D eigenvalue weighted by molar-refractivity contribution is 7.13. The summed E-state index contributed by atoms with van der Waals surface area (Å²) in [6.45, 7) is 7.85. The molecule has 2 fully saturated rings. The van der Waals surface area contributed by atoms with Crippen molar-refractivity contribution in [1.82, 2.24) is 20.5 Å². The summed E-state index contributed by atoms with van der Waals surface area (Å²) in [6, 6.07) is 11.0. The molecule has 1 aliphatic carbocycles. The molecule has 10 nitrogen and oxygen atoms in total. The van der Waals surface area contributed by atoms with Crippen LogP contribution in [0.3, 0.4) is 0 Å². The second-order valence-electron chi connectivity index (χ2n) is 13.3. The molecule has 0 radical (unpaired) electrons. The number of methoxy groups -OCH3 is 1. The number of hydrogen-bond acceptors (Lipinski definition) is 8. The Labute approximate surface area is 278 Å². The van der Waals surface area contributed by atoms with Crippen molar-refractivity contribution in [1.29, 1.82) is 0 Å². The maximum absolute atomic E-state index is 14.6. The van der Waals surface area contributed by atoms with Crippen molar-refractivity contribution < 1.29 is 33.0 Å². The van der Waals surface area contributed by atoms with Gasteiger partial charge in [0.25, 0.3) is 5.91 Å². The normalized spacial score (nSPS) is 19.1. The number of likely N-dealkylation sites (tertiary alicyclic amines) is 1. The van der Waals surface area contributed by atoms with Gasteiger partial charge in [-0.1, -0.05) is 57.2 Å². The minimum Gasteiger partial charge on any atom is -0.489 e. The molecule has 1 saturated carbocycles. The molecule has 0 unspecified atom stereocenters. The summed E-state index contributed by atoms with van der Waals surface area (Å²) in [5.41, 5.74) is 3.11. The Morgan fingerprint density at radius 3 is 2.49 bits per heavy atom. The molecular formula is C35H41FN4O6S. The van der Waals surface area contributed by atoms with Crippen LogP contribution in [0, 0.1) is 12.3 Å². The molecule has 0 bridgehead atoms. The van der Waals surface area contributed by atoms with Crippen LogP contribution < -0.4 is 15.4 Å². The van der Waals surface area contributed by atoms with Crippen LogP contribution in [-0.2, 0) is 32.3 Å². The largest absolute Gasteiger partial charge is 0.489 e. The Kier molecular flexibility index (Phi) is 10.1. The third kappa shape index (κ3) is 7.87. The highest BCUT2D eigenvalue weighted by Gasteiger charge is 2.53. The number of nitrogens with zero attached hydrogens (tertiary/aromatic N) is 2. The molecule has 250 valence electrons. The van der Waals surface area contributed by atoms with E-state index in [1.165, 1.54) is 23.3 Å². The number of nitrogens with one attached hydrogen (secondary N) is 2. The van der Waals surface area contributed by atoms with E-state index in [1.54, 1.807) is 38.4 Å². The number of ether oxygens (including phenoxy) is 2. The third-order valence-corrected chi connectivity index (χ3v) is 9.68. The minimum atomic E-state index is -1.94. The summed E-state index contributed by atoms with van der Waals surface area (Å²) >= 11 is 1.52. The lowest BCUT2D eigenvalue weighted by Gasteiger charge is -2.35. The average Bonchev–Trinajstić information content (AvgIpc) is 3.44. The van der Waals surface area contributed by atoms with Crippen molar-refractivity contribution in [2.75, 3.05) is 13.7 Å². The van der Waals surface area contributed by atoms with Crippen LogP contribution in [0.25, 0.3) is 10.4 Å². The number of thiazole rings is 1. The number of carbonyl (C=O) groups excluding carboxylic acids is 4. The molecule has 47 heavy (non-hydrogen) atoms. The summed E-state index contributed by atoms with van der Waals surface area (Å²) in [4.78, 5) is 58.2. The number of halogens is 1. The molecule has 1 aromatic heterocycles. The number of rotatable bonds is 12. The van der Waals surface area contributed by atoms with Gasteiger partial charge in [-0.2, -0.15) is 0 Å². The number of benzene rings is 2. The predicted molar refractivity (Wildman–Crippen MR) is 176 cm³/mol. The molecule has 3 amide bonds. The average molecular weight is 665 g/mol. The highest BCUT2D eigenvalue weighted by Crippen LogP contribution is 2.40. The zero-order chi connectivity index (χ0) is 33.9.